The summed E-state index contributed by atoms with van der Waals surface area (Å²) >= 11 is 5.91. The Kier molecular flexibility index (Phi) is 5.49. The summed E-state index contributed by atoms with van der Waals surface area (Å²) in [5, 5.41) is -0.0793. The number of benzene rings is 1. The van der Waals surface area contributed by atoms with Crippen molar-refractivity contribution in [3.63, 3.8) is 0 Å². The van der Waals surface area contributed by atoms with E-state index in [1.807, 2.05) is 0 Å². The molecule has 132 valence electrons. The lowest BCUT2D eigenvalue weighted by Crippen LogP contribution is -2.26. The van der Waals surface area contributed by atoms with E-state index in [2.05, 4.69) is 4.84 Å². The maximum absolute atomic E-state index is 12.3. The van der Waals surface area contributed by atoms with Gasteiger partial charge in [-0.3, -0.25) is 4.84 Å². The highest BCUT2D eigenvalue weighted by Gasteiger charge is 2.35. The van der Waals surface area contributed by atoms with Crippen LogP contribution in [-0.4, -0.2) is 51.2 Å². The van der Waals surface area contributed by atoms with Gasteiger partial charge >= 0.3 is 11.9 Å². The van der Waals surface area contributed by atoms with Gasteiger partial charge in [0, 0.05) is 13.5 Å². The quantitative estimate of drug-likeness (QED) is 0.564. The lowest BCUT2D eigenvalue weighted by atomic mass is 10.2. The van der Waals surface area contributed by atoms with E-state index in [4.69, 9.17) is 21.1 Å². The molecular formula is C14H16ClNO7S. The van der Waals surface area contributed by atoms with Gasteiger partial charge < -0.3 is 9.47 Å². The van der Waals surface area contributed by atoms with Gasteiger partial charge in [0.1, 0.15) is 11.0 Å². The van der Waals surface area contributed by atoms with Crippen LogP contribution in [0.15, 0.2) is 23.1 Å². The van der Waals surface area contributed by atoms with Crippen molar-refractivity contribution in [2.75, 3.05) is 14.2 Å². The average molecular weight is 378 g/mol. The Hall–Kier alpha value is -1.68. The van der Waals surface area contributed by atoms with E-state index in [1.165, 1.54) is 26.3 Å². The fourth-order valence-electron chi connectivity index (χ4n) is 2.08. The average Bonchev–Trinajstić information content (AvgIpc) is 2.84. The molecular weight excluding hydrogens is 362 g/mol. The Labute approximate surface area is 144 Å². The van der Waals surface area contributed by atoms with Crippen molar-refractivity contribution in [2.45, 2.75) is 30.4 Å². The zero-order valence-electron chi connectivity index (χ0n) is 13.2. The van der Waals surface area contributed by atoms with Crippen LogP contribution in [0.5, 0.6) is 0 Å². The Morgan fingerprint density at radius 1 is 1.42 bits per heavy atom. The maximum atomic E-state index is 12.3. The smallest absolute Gasteiger partial charge is 0.347 e. The predicted octanol–water partition coefficient (Wildman–Crippen LogP) is 1.38. The van der Waals surface area contributed by atoms with E-state index in [9.17, 15) is 18.0 Å². The van der Waals surface area contributed by atoms with Crippen molar-refractivity contribution in [2.24, 2.45) is 0 Å². The number of carbonyl (C=O) groups is 2. The number of halogens is 1. The van der Waals surface area contributed by atoms with E-state index in [0.717, 1.165) is 6.07 Å². The summed E-state index contributed by atoms with van der Waals surface area (Å²) in [4.78, 5) is 28.0. The number of rotatable bonds is 5. The van der Waals surface area contributed by atoms with Crippen LogP contribution in [0.1, 0.15) is 23.7 Å². The zero-order chi connectivity index (χ0) is 18.1. The highest BCUT2D eigenvalue weighted by atomic mass is 35.5. The van der Waals surface area contributed by atoms with Crippen molar-refractivity contribution < 1.29 is 32.3 Å². The molecule has 0 N–H and O–H groups in total. The summed E-state index contributed by atoms with van der Waals surface area (Å²) in [6, 6.07) is 3.63. The molecule has 8 nitrogen and oxygen atoms in total. The number of hydrogen-bond acceptors (Lipinski definition) is 7. The van der Waals surface area contributed by atoms with Gasteiger partial charge in [-0.2, -0.15) is 0 Å². The first-order chi connectivity index (χ1) is 11.2. The van der Waals surface area contributed by atoms with Crippen LogP contribution in [-0.2, 0) is 29.1 Å². The number of nitrogens with zero attached hydrogens (tertiary/aromatic N) is 1. The third kappa shape index (κ3) is 3.69. The number of sulfonamides is 1. The van der Waals surface area contributed by atoms with Crippen LogP contribution in [0.3, 0.4) is 0 Å². The van der Waals surface area contributed by atoms with E-state index in [0.29, 0.717) is 4.47 Å². The van der Waals surface area contributed by atoms with Gasteiger partial charge in [-0.1, -0.05) is 16.1 Å². The topological polar surface area (TPSA) is 99.2 Å². The van der Waals surface area contributed by atoms with E-state index in [-0.39, 0.29) is 28.0 Å². The maximum Gasteiger partial charge on any atom is 0.347 e. The number of esters is 2. The molecule has 0 unspecified atom stereocenters. The number of hydroxylamine groups is 1. The van der Waals surface area contributed by atoms with Crippen LogP contribution >= 0.6 is 11.6 Å². The molecule has 0 saturated carbocycles. The van der Waals surface area contributed by atoms with Gasteiger partial charge in [-0.25, -0.2) is 18.0 Å². The Bertz CT molecular complexity index is 764. The molecule has 24 heavy (non-hydrogen) atoms. The molecule has 1 heterocycles. The van der Waals surface area contributed by atoms with Gasteiger partial charge in [0.05, 0.1) is 17.7 Å². The SMILES string of the molecule is CON(C)S(=O)(=O)c1cc(C(=O)O[C@@H]2C[C@@H](C)OC2=O)ccc1Cl. The zero-order valence-corrected chi connectivity index (χ0v) is 14.8. The van der Waals surface area contributed by atoms with Crippen molar-refractivity contribution in [1.82, 2.24) is 4.47 Å². The molecule has 1 saturated heterocycles. The molecule has 0 amide bonds. The molecule has 2 atom stereocenters. The van der Waals surface area contributed by atoms with Gasteiger partial charge in [0.15, 0.2) is 0 Å². The molecule has 1 aromatic rings. The monoisotopic (exact) mass is 377 g/mol. The second kappa shape index (κ2) is 7.06. The minimum absolute atomic E-state index is 0.0603. The number of hydrogen-bond donors (Lipinski definition) is 0. The molecule has 0 radical (unpaired) electrons. The van der Waals surface area contributed by atoms with Gasteiger partial charge in [-0.05, 0) is 25.1 Å². The summed E-state index contributed by atoms with van der Waals surface area (Å²) in [6.45, 7) is 1.68. The lowest BCUT2D eigenvalue weighted by molar-refractivity contribution is -0.147. The Morgan fingerprint density at radius 3 is 2.62 bits per heavy atom. The predicted molar refractivity (Wildman–Crippen MR) is 82.8 cm³/mol. The summed E-state index contributed by atoms with van der Waals surface area (Å²) < 4.78 is 35.2. The van der Waals surface area contributed by atoms with Gasteiger partial charge in [0.25, 0.3) is 10.0 Å². The van der Waals surface area contributed by atoms with Crippen molar-refractivity contribution >= 4 is 33.6 Å². The molecule has 0 bridgehead atoms. The minimum Gasteiger partial charge on any atom is -0.460 e. The van der Waals surface area contributed by atoms with Crippen LogP contribution in [0.2, 0.25) is 5.02 Å². The highest BCUT2D eigenvalue weighted by Crippen LogP contribution is 2.26. The number of ether oxygens (including phenoxy) is 2. The highest BCUT2D eigenvalue weighted by molar-refractivity contribution is 7.89. The number of cyclic esters (lactones) is 1. The normalized spacial score (nSPS) is 21.0. The van der Waals surface area contributed by atoms with E-state index >= 15 is 0 Å². The number of carbonyl (C=O) groups excluding carboxylic acids is 2. The van der Waals surface area contributed by atoms with Crippen LogP contribution in [0, 0.1) is 0 Å². The molecule has 0 aliphatic carbocycles. The van der Waals surface area contributed by atoms with Crippen LogP contribution in [0.4, 0.5) is 0 Å². The third-order valence-electron chi connectivity index (χ3n) is 3.42. The standard InChI is InChI=1S/C14H16ClNO7S/c1-8-6-11(14(18)22-8)23-13(17)9-4-5-10(15)12(7-9)24(19,20)16(2)21-3/h4-5,7-8,11H,6H2,1-3H3/t8-,11-/m1/s1. The first-order valence-corrected chi connectivity index (χ1v) is 8.72. The second-order valence-corrected chi connectivity index (χ2v) is 7.43. The molecule has 0 spiro atoms. The van der Waals surface area contributed by atoms with Gasteiger partial charge in [-0.15, -0.1) is 0 Å². The van der Waals surface area contributed by atoms with Crippen molar-refractivity contribution in [3.8, 4) is 0 Å². The Balaban J connectivity index is 2.28. The summed E-state index contributed by atoms with van der Waals surface area (Å²) in [5.41, 5.74) is -0.0603. The Morgan fingerprint density at radius 2 is 2.08 bits per heavy atom. The molecule has 0 aromatic heterocycles. The minimum atomic E-state index is -4.04. The molecule has 2 rings (SSSR count). The van der Waals surface area contributed by atoms with E-state index in [1.54, 1.807) is 6.92 Å². The van der Waals surface area contributed by atoms with Crippen molar-refractivity contribution in [1.29, 1.82) is 0 Å². The second-order valence-electron chi connectivity index (χ2n) is 5.12. The summed E-state index contributed by atoms with van der Waals surface area (Å²) in [7, 11) is -1.68. The fraction of sp³-hybridized carbons (Fsp3) is 0.429. The van der Waals surface area contributed by atoms with Gasteiger partial charge in [0.2, 0.25) is 6.10 Å². The fourth-order valence-corrected chi connectivity index (χ4v) is 3.55. The molecule has 1 aromatic carbocycles. The molecule has 1 aliphatic heterocycles. The first kappa shape index (κ1) is 18.7. The largest absolute Gasteiger partial charge is 0.460 e. The summed E-state index contributed by atoms with van der Waals surface area (Å²) in [6.07, 6.45) is -1.10. The third-order valence-corrected chi connectivity index (χ3v) is 5.58. The van der Waals surface area contributed by atoms with E-state index < -0.39 is 28.1 Å². The van der Waals surface area contributed by atoms with Crippen molar-refractivity contribution in [3.05, 3.63) is 28.8 Å². The molecule has 10 heteroatoms. The first-order valence-electron chi connectivity index (χ1n) is 6.91. The molecule has 1 aliphatic rings. The van der Waals surface area contributed by atoms with Crippen LogP contribution < -0.4 is 0 Å². The summed E-state index contributed by atoms with van der Waals surface area (Å²) in [5.74, 6) is -1.48. The molecule has 1 fully saturated rings. The van der Waals surface area contributed by atoms with Crippen LogP contribution in [0.25, 0.3) is 0 Å². The lowest BCUT2D eigenvalue weighted by Gasteiger charge is -2.16.